The van der Waals surface area contributed by atoms with Crippen LogP contribution < -0.4 is 20.7 Å². The fourth-order valence-electron chi connectivity index (χ4n) is 4.24. The molecular weight excluding hydrogens is 443 g/mol. The lowest BCUT2D eigenvalue weighted by molar-refractivity contribution is -0.133. The van der Waals surface area contributed by atoms with Crippen LogP contribution in [0.15, 0.2) is 42.5 Å². The summed E-state index contributed by atoms with van der Waals surface area (Å²) in [5, 5.41) is 7.90. The number of rotatable bonds is 4. The van der Waals surface area contributed by atoms with Crippen LogP contribution in [0, 0.1) is 5.82 Å². The Morgan fingerprint density at radius 2 is 1.79 bits per heavy atom. The second kappa shape index (κ2) is 10.1. The Morgan fingerprint density at radius 1 is 1.09 bits per heavy atom. The Bertz CT molecular complexity index is 1080. The van der Waals surface area contributed by atoms with Crippen molar-refractivity contribution >= 4 is 29.2 Å². The molecule has 9 nitrogen and oxygen atoms in total. The third-order valence-corrected chi connectivity index (χ3v) is 6.06. The van der Waals surface area contributed by atoms with E-state index in [1.165, 1.54) is 24.3 Å². The smallest absolute Gasteiger partial charge is 0.323 e. The number of nitrogens with one attached hydrogen (secondary N) is 3. The number of likely N-dealkylation sites (N-methyl/N-ethyl adjacent to an activating group) is 1. The molecule has 1 saturated heterocycles. The predicted molar refractivity (Wildman–Crippen MR) is 123 cm³/mol. The van der Waals surface area contributed by atoms with Gasteiger partial charge in [0.05, 0.1) is 24.1 Å². The molecule has 0 radical (unpaired) electrons. The van der Waals surface area contributed by atoms with Crippen LogP contribution in [-0.4, -0.2) is 61.7 Å². The topological polar surface area (TPSA) is 109 Å². The summed E-state index contributed by atoms with van der Waals surface area (Å²) in [7, 11) is 3.31. The standard InChI is InChI=1S/C24H27FN4O5/c1-26-22(30)12-17-8-9-19-21(34-17)13-33-20-10-7-16(11-18(20)23(31)29(19)2)28-24(32)27-15-5-3-14(25)4-6-15/h3-7,10-11,17,19,21H,8-9,12-13H2,1-2H3,(H,26,30)(H2,27,28,32)/t17-,19-,21+/m0/s1. The van der Waals surface area contributed by atoms with Gasteiger partial charge in [-0.15, -0.1) is 0 Å². The number of halogens is 1. The maximum Gasteiger partial charge on any atom is 0.323 e. The lowest BCUT2D eigenvalue weighted by Gasteiger charge is -2.42. The molecule has 34 heavy (non-hydrogen) atoms. The van der Waals surface area contributed by atoms with Gasteiger partial charge in [-0.3, -0.25) is 9.59 Å². The number of amides is 4. The molecule has 2 aliphatic heterocycles. The summed E-state index contributed by atoms with van der Waals surface area (Å²) in [6.07, 6.45) is 1.03. The van der Waals surface area contributed by atoms with Crippen LogP contribution in [0.2, 0.25) is 0 Å². The lowest BCUT2D eigenvalue weighted by atomic mass is 9.94. The van der Waals surface area contributed by atoms with Gasteiger partial charge in [0.25, 0.3) is 5.91 Å². The van der Waals surface area contributed by atoms with Crippen molar-refractivity contribution in [1.82, 2.24) is 10.2 Å². The second-order valence-corrected chi connectivity index (χ2v) is 8.34. The SMILES string of the molecule is CNC(=O)C[C@@H]1CC[C@H]2[C@@H](COc3ccc(NC(=O)Nc4ccc(F)cc4)cc3C(=O)N2C)O1. The minimum Gasteiger partial charge on any atom is -0.490 e. The molecular formula is C24H27FN4O5. The molecule has 2 aromatic carbocycles. The summed E-state index contributed by atoms with van der Waals surface area (Å²) in [5.74, 6) is -0.353. The number of ether oxygens (including phenoxy) is 2. The minimum atomic E-state index is -0.526. The molecule has 0 unspecified atom stereocenters. The van der Waals surface area contributed by atoms with Gasteiger partial charge in [-0.25, -0.2) is 9.18 Å². The Morgan fingerprint density at radius 3 is 2.53 bits per heavy atom. The van der Waals surface area contributed by atoms with Crippen molar-refractivity contribution in [1.29, 1.82) is 0 Å². The summed E-state index contributed by atoms with van der Waals surface area (Å²) >= 11 is 0. The van der Waals surface area contributed by atoms with Crippen LogP contribution >= 0.6 is 0 Å². The number of hydrogen-bond acceptors (Lipinski definition) is 5. The first-order chi connectivity index (χ1) is 16.3. The van der Waals surface area contributed by atoms with Crippen molar-refractivity contribution in [2.75, 3.05) is 31.3 Å². The Kier molecular flexibility index (Phi) is 6.97. The van der Waals surface area contributed by atoms with E-state index < -0.39 is 11.8 Å². The molecule has 2 aromatic rings. The van der Waals surface area contributed by atoms with Gasteiger partial charge in [0.2, 0.25) is 5.91 Å². The number of benzene rings is 2. The molecule has 1 fully saturated rings. The fraction of sp³-hybridized carbons (Fsp3) is 0.375. The molecule has 10 heteroatoms. The van der Waals surface area contributed by atoms with Crippen LogP contribution in [0.5, 0.6) is 5.75 Å². The van der Waals surface area contributed by atoms with E-state index >= 15 is 0 Å². The summed E-state index contributed by atoms with van der Waals surface area (Å²) in [6, 6.07) is 9.49. The first-order valence-electron chi connectivity index (χ1n) is 11.1. The molecule has 3 N–H and O–H groups in total. The van der Waals surface area contributed by atoms with Crippen molar-refractivity contribution in [3.05, 3.63) is 53.8 Å². The maximum atomic E-state index is 13.3. The average Bonchev–Trinajstić information content (AvgIpc) is 2.83. The van der Waals surface area contributed by atoms with Gasteiger partial charge in [-0.1, -0.05) is 0 Å². The van der Waals surface area contributed by atoms with E-state index in [1.807, 2.05) is 0 Å². The highest BCUT2D eigenvalue weighted by molar-refractivity contribution is 6.02. The quantitative estimate of drug-likeness (QED) is 0.637. The van der Waals surface area contributed by atoms with Crippen LogP contribution in [0.4, 0.5) is 20.6 Å². The highest BCUT2D eigenvalue weighted by atomic mass is 19.1. The molecule has 4 rings (SSSR count). The molecule has 0 aliphatic carbocycles. The number of hydrogen-bond donors (Lipinski definition) is 3. The molecule has 3 atom stereocenters. The van der Waals surface area contributed by atoms with Gasteiger partial charge in [0.1, 0.15) is 24.3 Å². The maximum absolute atomic E-state index is 13.3. The largest absolute Gasteiger partial charge is 0.490 e. The molecule has 0 spiro atoms. The van der Waals surface area contributed by atoms with Gasteiger partial charge in [-0.05, 0) is 55.3 Å². The zero-order valence-electron chi connectivity index (χ0n) is 19.0. The molecule has 0 aromatic heterocycles. The van der Waals surface area contributed by atoms with Gasteiger partial charge >= 0.3 is 6.03 Å². The minimum absolute atomic E-state index is 0.0894. The second-order valence-electron chi connectivity index (χ2n) is 8.34. The average molecular weight is 471 g/mol. The van der Waals surface area contributed by atoms with E-state index in [2.05, 4.69) is 16.0 Å². The monoisotopic (exact) mass is 470 g/mol. The van der Waals surface area contributed by atoms with E-state index in [-0.39, 0.29) is 43.1 Å². The van der Waals surface area contributed by atoms with Crippen LogP contribution in [0.25, 0.3) is 0 Å². The first-order valence-corrected chi connectivity index (χ1v) is 11.1. The number of nitrogens with zero attached hydrogens (tertiary/aromatic N) is 1. The summed E-state index contributed by atoms with van der Waals surface area (Å²) < 4.78 is 25.1. The van der Waals surface area contributed by atoms with Gasteiger partial charge in [0.15, 0.2) is 0 Å². The Balaban J connectivity index is 1.46. The van der Waals surface area contributed by atoms with Crippen LogP contribution in [0.1, 0.15) is 29.6 Å². The van der Waals surface area contributed by atoms with Gasteiger partial charge < -0.3 is 30.3 Å². The highest BCUT2D eigenvalue weighted by Crippen LogP contribution is 2.32. The zero-order valence-corrected chi connectivity index (χ0v) is 19.0. The number of urea groups is 1. The van der Waals surface area contributed by atoms with Crippen molar-refractivity contribution < 1.29 is 28.2 Å². The summed E-state index contributed by atoms with van der Waals surface area (Å²) in [6.45, 7) is 0.233. The normalized spacial score (nSPS) is 21.8. The molecule has 0 saturated carbocycles. The van der Waals surface area contributed by atoms with E-state index in [0.29, 0.717) is 35.5 Å². The molecule has 4 amide bonds. The lowest BCUT2D eigenvalue weighted by Crippen LogP contribution is -2.53. The van der Waals surface area contributed by atoms with Gasteiger partial charge in [-0.2, -0.15) is 0 Å². The molecule has 2 aliphatic rings. The number of anilines is 2. The Labute approximate surface area is 196 Å². The fourth-order valence-corrected chi connectivity index (χ4v) is 4.24. The van der Waals surface area contributed by atoms with E-state index in [9.17, 15) is 18.8 Å². The summed E-state index contributed by atoms with van der Waals surface area (Å²) in [4.78, 5) is 39.0. The Hall–Kier alpha value is -3.66. The summed E-state index contributed by atoms with van der Waals surface area (Å²) in [5.41, 5.74) is 1.17. The van der Waals surface area contributed by atoms with Crippen molar-refractivity contribution in [2.45, 2.75) is 37.5 Å². The zero-order chi connectivity index (χ0) is 24.2. The van der Waals surface area contributed by atoms with E-state index in [4.69, 9.17) is 9.47 Å². The van der Waals surface area contributed by atoms with Gasteiger partial charge in [0, 0.05) is 25.5 Å². The molecule has 180 valence electrons. The number of carbonyl (C=O) groups is 3. The van der Waals surface area contributed by atoms with E-state index in [0.717, 1.165) is 0 Å². The predicted octanol–water partition coefficient (Wildman–Crippen LogP) is 2.99. The number of fused-ring (bicyclic) bond motifs is 2. The van der Waals surface area contributed by atoms with E-state index in [1.54, 1.807) is 37.2 Å². The van der Waals surface area contributed by atoms with Crippen molar-refractivity contribution in [3.8, 4) is 5.75 Å². The molecule has 0 bridgehead atoms. The van der Waals surface area contributed by atoms with Crippen molar-refractivity contribution in [2.24, 2.45) is 0 Å². The third kappa shape index (κ3) is 5.28. The molecule has 2 heterocycles. The number of carbonyl (C=O) groups excluding carboxylic acids is 3. The van der Waals surface area contributed by atoms with Crippen LogP contribution in [0.3, 0.4) is 0 Å². The third-order valence-electron chi connectivity index (χ3n) is 6.06. The first kappa shape index (κ1) is 23.5. The highest BCUT2D eigenvalue weighted by Gasteiger charge is 2.39. The van der Waals surface area contributed by atoms with Crippen LogP contribution in [-0.2, 0) is 9.53 Å². The van der Waals surface area contributed by atoms with Crippen molar-refractivity contribution in [3.63, 3.8) is 0 Å².